The Hall–Kier alpha value is -1.43. The number of morpholine rings is 1. The minimum absolute atomic E-state index is 0.367. The maximum atomic E-state index is 6.16. The van der Waals surface area contributed by atoms with Crippen molar-refractivity contribution in [2.24, 2.45) is 5.92 Å². The second kappa shape index (κ2) is 6.99. The highest BCUT2D eigenvalue weighted by Gasteiger charge is 2.42. The first-order valence-electron chi connectivity index (χ1n) is 8.41. The van der Waals surface area contributed by atoms with Crippen molar-refractivity contribution in [1.29, 1.82) is 0 Å². The van der Waals surface area contributed by atoms with Gasteiger partial charge in [0.15, 0.2) is 0 Å². The standard InChI is InChI=1S/C18H23N3OS/c1-2-16(11-19-6-1)20-10-15-3-4-17-18(15)22-8-7-21(17)12-14-5-9-23-13-14/h1-2,5-6,9,11,13,15,17-18,20H,3-4,7-8,10,12H2. The van der Waals surface area contributed by atoms with Crippen molar-refractivity contribution in [3.05, 3.63) is 46.9 Å². The number of ether oxygens (including phenoxy) is 1. The van der Waals surface area contributed by atoms with Crippen molar-refractivity contribution < 1.29 is 4.74 Å². The van der Waals surface area contributed by atoms with Crippen LogP contribution in [-0.4, -0.2) is 41.7 Å². The van der Waals surface area contributed by atoms with Crippen LogP contribution in [-0.2, 0) is 11.3 Å². The Morgan fingerprint density at radius 1 is 1.35 bits per heavy atom. The molecule has 1 aliphatic carbocycles. The zero-order valence-corrected chi connectivity index (χ0v) is 14.0. The summed E-state index contributed by atoms with van der Waals surface area (Å²) >= 11 is 1.79. The molecule has 2 aromatic rings. The molecular formula is C18H23N3OS. The molecule has 2 aromatic heterocycles. The van der Waals surface area contributed by atoms with Crippen molar-refractivity contribution in [3.63, 3.8) is 0 Å². The normalized spacial score (nSPS) is 27.7. The fourth-order valence-electron chi connectivity index (χ4n) is 3.88. The van der Waals surface area contributed by atoms with Gasteiger partial charge in [-0.1, -0.05) is 0 Å². The third-order valence-corrected chi connectivity index (χ3v) is 5.76. The van der Waals surface area contributed by atoms with Crippen LogP contribution in [0.15, 0.2) is 41.4 Å². The van der Waals surface area contributed by atoms with Gasteiger partial charge in [0.25, 0.3) is 0 Å². The second-order valence-corrected chi connectivity index (χ2v) is 7.24. The van der Waals surface area contributed by atoms with Gasteiger partial charge in [-0.15, -0.1) is 0 Å². The molecule has 3 atom stereocenters. The van der Waals surface area contributed by atoms with Crippen molar-refractivity contribution >= 4 is 17.0 Å². The predicted molar refractivity (Wildman–Crippen MR) is 93.7 cm³/mol. The summed E-state index contributed by atoms with van der Waals surface area (Å²) in [6.45, 7) is 3.95. The summed E-state index contributed by atoms with van der Waals surface area (Å²) in [5.41, 5.74) is 2.54. The lowest BCUT2D eigenvalue weighted by molar-refractivity contribution is -0.0744. The summed E-state index contributed by atoms with van der Waals surface area (Å²) in [6, 6.07) is 6.86. The highest BCUT2D eigenvalue weighted by atomic mass is 32.1. The lowest BCUT2D eigenvalue weighted by Gasteiger charge is -2.39. The Morgan fingerprint density at radius 3 is 3.17 bits per heavy atom. The molecule has 122 valence electrons. The molecule has 1 aliphatic heterocycles. The molecule has 1 N–H and O–H groups in total. The monoisotopic (exact) mass is 329 g/mol. The second-order valence-electron chi connectivity index (χ2n) is 6.46. The van der Waals surface area contributed by atoms with Gasteiger partial charge in [-0.2, -0.15) is 11.3 Å². The first-order valence-corrected chi connectivity index (χ1v) is 9.35. The molecule has 2 aliphatic rings. The van der Waals surface area contributed by atoms with Crippen LogP contribution in [0.4, 0.5) is 5.69 Å². The molecule has 0 aromatic carbocycles. The molecule has 0 amide bonds. The number of hydrogen-bond acceptors (Lipinski definition) is 5. The first kappa shape index (κ1) is 15.1. The highest BCUT2D eigenvalue weighted by Crippen LogP contribution is 2.35. The average molecular weight is 329 g/mol. The molecule has 4 rings (SSSR count). The minimum atomic E-state index is 0.367. The Morgan fingerprint density at radius 2 is 2.35 bits per heavy atom. The van der Waals surface area contributed by atoms with Crippen LogP contribution in [0.3, 0.4) is 0 Å². The van der Waals surface area contributed by atoms with E-state index in [1.165, 1.54) is 18.4 Å². The molecular weight excluding hydrogens is 306 g/mol. The molecule has 23 heavy (non-hydrogen) atoms. The van der Waals surface area contributed by atoms with Gasteiger partial charge >= 0.3 is 0 Å². The van der Waals surface area contributed by atoms with Crippen molar-refractivity contribution in [3.8, 4) is 0 Å². The zero-order valence-electron chi connectivity index (χ0n) is 13.2. The van der Waals surface area contributed by atoms with E-state index in [1.807, 2.05) is 18.5 Å². The van der Waals surface area contributed by atoms with Crippen molar-refractivity contribution in [2.75, 3.05) is 25.0 Å². The Balaban J connectivity index is 1.37. The largest absolute Gasteiger partial charge is 0.383 e. The third-order valence-electron chi connectivity index (χ3n) is 5.03. The van der Waals surface area contributed by atoms with E-state index in [1.54, 1.807) is 11.3 Å². The quantitative estimate of drug-likeness (QED) is 0.914. The molecule has 0 radical (unpaired) electrons. The number of hydrogen-bond donors (Lipinski definition) is 1. The van der Waals surface area contributed by atoms with Crippen molar-refractivity contribution in [2.45, 2.75) is 31.5 Å². The summed E-state index contributed by atoms with van der Waals surface area (Å²) in [7, 11) is 0. The summed E-state index contributed by atoms with van der Waals surface area (Å²) in [5.74, 6) is 0.588. The molecule has 2 fully saturated rings. The molecule has 5 heteroatoms. The van der Waals surface area contributed by atoms with Crippen LogP contribution in [0.1, 0.15) is 18.4 Å². The lowest BCUT2D eigenvalue weighted by atomic mass is 10.0. The van der Waals surface area contributed by atoms with Gasteiger partial charge in [-0.3, -0.25) is 9.88 Å². The van der Waals surface area contributed by atoms with Crippen LogP contribution < -0.4 is 5.32 Å². The molecule has 3 unspecified atom stereocenters. The minimum Gasteiger partial charge on any atom is -0.383 e. The zero-order chi connectivity index (χ0) is 15.5. The molecule has 0 spiro atoms. The number of anilines is 1. The number of pyridine rings is 1. The number of thiophene rings is 1. The Bertz CT molecular complexity index is 604. The highest BCUT2D eigenvalue weighted by molar-refractivity contribution is 7.07. The van der Waals surface area contributed by atoms with E-state index in [0.29, 0.717) is 18.1 Å². The van der Waals surface area contributed by atoms with E-state index in [9.17, 15) is 0 Å². The summed E-state index contributed by atoms with van der Waals surface area (Å²) in [6.07, 6.45) is 6.55. The van der Waals surface area contributed by atoms with Gasteiger partial charge in [0.1, 0.15) is 0 Å². The molecule has 0 bridgehead atoms. The fraction of sp³-hybridized carbons (Fsp3) is 0.500. The van der Waals surface area contributed by atoms with E-state index < -0.39 is 0 Å². The van der Waals surface area contributed by atoms with Crippen molar-refractivity contribution in [1.82, 2.24) is 9.88 Å². The van der Waals surface area contributed by atoms with Crippen LogP contribution in [0.5, 0.6) is 0 Å². The van der Waals surface area contributed by atoms with E-state index in [0.717, 1.165) is 31.9 Å². The number of nitrogens with one attached hydrogen (secondary N) is 1. The Kier molecular flexibility index (Phi) is 4.60. The third kappa shape index (κ3) is 3.42. The number of fused-ring (bicyclic) bond motifs is 1. The number of nitrogens with zero attached hydrogens (tertiary/aromatic N) is 2. The van der Waals surface area contributed by atoms with Gasteiger partial charge in [0.2, 0.25) is 0 Å². The number of rotatable bonds is 5. The van der Waals surface area contributed by atoms with Gasteiger partial charge < -0.3 is 10.1 Å². The van der Waals surface area contributed by atoms with Gasteiger partial charge in [0, 0.05) is 44.0 Å². The topological polar surface area (TPSA) is 37.4 Å². The predicted octanol–water partition coefficient (Wildman–Crippen LogP) is 3.23. The van der Waals surface area contributed by atoms with Crippen LogP contribution in [0.2, 0.25) is 0 Å². The fourth-order valence-corrected chi connectivity index (χ4v) is 4.54. The van der Waals surface area contributed by atoms with E-state index in [2.05, 4.69) is 38.1 Å². The molecule has 3 heterocycles. The number of aromatic nitrogens is 1. The molecule has 1 saturated carbocycles. The summed E-state index contributed by atoms with van der Waals surface area (Å²) in [4.78, 5) is 6.79. The maximum absolute atomic E-state index is 6.16. The Labute approximate surface area is 141 Å². The van der Waals surface area contributed by atoms with Gasteiger partial charge in [-0.25, -0.2) is 0 Å². The molecule has 4 nitrogen and oxygen atoms in total. The first-order chi connectivity index (χ1) is 11.4. The average Bonchev–Trinajstić information content (AvgIpc) is 3.24. The summed E-state index contributed by atoms with van der Waals surface area (Å²) < 4.78 is 6.16. The van der Waals surface area contributed by atoms with E-state index in [4.69, 9.17) is 4.74 Å². The van der Waals surface area contributed by atoms with Crippen LogP contribution in [0, 0.1) is 5.92 Å². The van der Waals surface area contributed by atoms with Gasteiger partial charge in [-0.05, 0) is 47.4 Å². The van der Waals surface area contributed by atoms with E-state index in [-0.39, 0.29) is 0 Å². The van der Waals surface area contributed by atoms with Gasteiger partial charge in [0.05, 0.1) is 18.4 Å². The smallest absolute Gasteiger partial charge is 0.0775 e. The lowest BCUT2D eigenvalue weighted by Crippen LogP contribution is -2.50. The van der Waals surface area contributed by atoms with E-state index >= 15 is 0 Å². The SMILES string of the molecule is c1cncc(NCC2CCC3C2OCCN3Cc2ccsc2)c1. The van der Waals surface area contributed by atoms with Crippen LogP contribution >= 0.6 is 11.3 Å². The maximum Gasteiger partial charge on any atom is 0.0775 e. The van der Waals surface area contributed by atoms with Crippen LogP contribution in [0.25, 0.3) is 0 Å². The molecule has 1 saturated heterocycles. The summed E-state index contributed by atoms with van der Waals surface area (Å²) in [5, 5.41) is 7.95.